The van der Waals surface area contributed by atoms with Crippen LogP contribution in [0.1, 0.15) is 43.2 Å². The molecule has 24 heavy (non-hydrogen) atoms. The molecule has 1 aliphatic rings. The quantitative estimate of drug-likeness (QED) is 0.807. The highest BCUT2D eigenvalue weighted by Gasteiger charge is 2.30. The normalized spacial score (nSPS) is 18.8. The molecule has 2 N–H and O–H groups in total. The Bertz CT molecular complexity index is 514. The standard InChI is InChI=1S/C17H23F3N2O.ClH/c1-12(14-2-4-15(5-3-14)17(18,19)20)10-16(23)22-9-7-13-6-8-21-11-13;/h2-5,12-13,21H,6-11H2,1H3,(H,22,23);1H. The van der Waals surface area contributed by atoms with Crippen LogP contribution in [-0.2, 0) is 11.0 Å². The molecule has 1 amide bonds. The molecule has 0 bridgehead atoms. The van der Waals surface area contributed by atoms with Gasteiger partial charge in [-0.25, -0.2) is 0 Å². The summed E-state index contributed by atoms with van der Waals surface area (Å²) < 4.78 is 37.6. The zero-order valence-electron chi connectivity index (χ0n) is 13.7. The van der Waals surface area contributed by atoms with Gasteiger partial charge in [-0.1, -0.05) is 19.1 Å². The Balaban J connectivity index is 0.00000288. The highest BCUT2D eigenvalue weighted by atomic mass is 35.5. The van der Waals surface area contributed by atoms with Crippen LogP contribution in [0.25, 0.3) is 0 Å². The van der Waals surface area contributed by atoms with Gasteiger partial charge in [0, 0.05) is 13.0 Å². The molecule has 2 rings (SSSR count). The Morgan fingerprint density at radius 2 is 2.00 bits per heavy atom. The van der Waals surface area contributed by atoms with Crippen LogP contribution in [0.4, 0.5) is 13.2 Å². The van der Waals surface area contributed by atoms with Crippen LogP contribution in [0.5, 0.6) is 0 Å². The smallest absolute Gasteiger partial charge is 0.356 e. The molecule has 2 unspecified atom stereocenters. The average Bonchev–Trinajstić information content (AvgIpc) is 2.99. The lowest BCUT2D eigenvalue weighted by Crippen LogP contribution is -2.27. The number of alkyl halides is 3. The van der Waals surface area contributed by atoms with E-state index in [-0.39, 0.29) is 30.7 Å². The largest absolute Gasteiger partial charge is 0.416 e. The van der Waals surface area contributed by atoms with E-state index in [1.165, 1.54) is 12.1 Å². The fraction of sp³-hybridized carbons (Fsp3) is 0.588. The average molecular weight is 365 g/mol. The van der Waals surface area contributed by atoms with Crippen LogP contribution in [0, 0.1) is 5.92 Å². The van der Waals surface area contributed by atoms with Crippen molar-refractivity contribution >= 4 is 18.3 Å². The highest BCUT2D eigenvalue weighted by Crippen LogP contribution is 2.30. The Hall–Kier alpha value is -1.27. The first-order valence-corrected chi connectivity index (χ1v) is 8.01. The second-order valence-electron chi connectivity index (χ2n) is 6.22. The molecule has 0 radical (unpaired) electrons. The molecule has 3 nitrogen and oxygen atoms in total. The fourth-order valence-electron chi connectivity index (χ4n) is 2.85. The first kappa shape index (κ1) is 20.8. The summed E-state index contributed by atoms with van der Waals surface area (Å²) in [6.07, 6.45) is -1.92. The van der Waals surface area contributed by atoms with Crippen molar-refractivity contribution in [2.75, 3.05) is 19.6 Å². The van der Waals surface area contributed by atoms with Crippen molar-refractivity contribution in [2.24, 2.45) is 5.92 Å². The van der Waals surface area contributed by atoms with E-state index in [0.29, 0.717) is 12.5 Å². The van der Waals surface area contributed by atoms with Crippen molar-refractivity contribution in [3.8, 4) is 0 Å². The maximum Gasteiger partial charge on any atom is 0.416 e. The number of carbonyl (C=O) groups is 1. The summed E-state index contributed by atoms with van der Waals surface area (Å²) in [6, 6.07) is 5.03. The number of carbonyl (C=O) groups excluding carboxylic acids is 1. The molecule has 2 atom stereocenters. The van der Waals surface area contributed by atoms with Crippen LogP contribution in [0.2, 0.25) is 0 Å². The van der Waals surface area contributed by atoms with E-state index < -0.39 is 11.7 Å². The van der Waals surface area contributed by atoms with Gasteiger partial charge in [0.25, 0.3) is 0 Å². The first-order valence-electron chi connectivity index (χ1n) is 8.01. The summed E-state index contributed by atoms with van der Waals surface area (Å²) in [4.78, 5) is 11.9. The second-order valence-corrected chi connectivity index (χ2v) is 6.22. The third kappa shape index (κ3) is 6.32. The van der Waals surface area contributed by atoms with Gasteiger partial charge < -0.3 is 10.6 Å². The van der Waals surface area contributed by atoms with E-state index >= 15 is 0 Å². The Kier molecular flexibility index (Phi) is 8.03. The van der Waals surface area contributed by atoms with Crippen molar-refractivity contribution in [1.29, 1.82) is 0 Å². The molecular weight excluding hydrogens is 341 g/mol. The summed E-state index contributed by atoms with van der Waals surface area (Å²) in [7, 11) is 0. The predicted octanol–water partition coefficient (Wildman–Crippen LogP) is 3.74. The summed E-state index contributed by atoms with van der Waals surface area (Å²) >= 11 is 0. The molecule has 1 aromatic carbocycles. The molecule has 136 valence electrons. The third-order valence-electron chi connectivity index (χ3n) is 4.34. The third-order valence-corrected chi connectivity index (χ3v) is 4.34. The molecule has 0 aromatic heterocycles. The lowest BCUT2D eigenvalue weighted by molar-refractivity contribution is -0.137. The Morgan fingerprint density at radius 1 is 1.33 bits per heavy atom. The topological polar surface area (TPSA) is 41.1 Å². The van der Waals surface area contributed by atoms with Gasteiger partial charge in [0.15, 0.2) is 0 Å². The van der Waals surface area contributed by atoms with Crippen LogP contribution in [-0.4, -0.2) is 25.5 Å². The van der Waals surface area contributed by atoms with E-state index in [4.69, 9.17) is 0 Å². The van der Waals surface area contributed by atoms with Crippen LogP contribution >= 0.6 is 12.4 Å². The number of rotatable bonds is 6. The van der Waals surface area contributed by atoms with E-state index in [1.54, 1.807) is 0 Å². The lowest BCUT2D eigenvalue weighted by atomic mass is 9.96. The maximum absolute atomic E-state index is 12.5. The zero-order valence-corrected chi connectivity index (χ0v) is 14.5. The van der Waals surface area contributed by atoms with Crippen molar-refractivity contribution in [3.05, 3.63) is 35.4 Å². The maximum atomic E-state index is 12.5. The van der Waals surface area contributed by atoms with Gasteiger partial charge in [-0.3, -0.25) is 4.79 Å². The Morgan fingerprint density at radius 3 is 2.54 bits per heavy atom. The number of amides is 1. The van der Waals surface area contributed by atoms with Crippen molar-refractivity contribution in [1.82, 2.24) is 10.6 Å². The zero-order chi connectivity index (χ0) is 16.9. The monoisotopic (exact) mass is 364 g/mol. The van der Waals surface area contributed by atoms with E-state index in [2.05, 4.69) is 10.6 Å². The molecule has 7 heteroatoms. The first-order chi connectivity index (χ1) is 10.9. The molecule has 1 aromatic rings. The van der Waals surface area contributed by atoms with Crippen molar-refractivity contribution in [2.45, 2.75) is 38.3 Å². The van der Waals surface area contributed by atoms with Gasteiger partial charge in [-0.2, -0.15) is 13.2 Å². The number of benzene rings is 1. The number of hydrogen-bond acceptors (Lipinski definition) is 2. The van der Waals surface area contributed by atoms with Crippen LogP contribution in [0.3, 0.4) is 0 Å². The molecule has 0 spiro atoms. The van der Waals surface area contributed by atoms with Crippen molar-refractivity contribution < 1.29 is 18.0 Å². The molecule has 1 fully saturated rings. The summed E-state index contributed by atoms with van der Waals surface area (Å²) in [5.74, 6) is 0.469. The minimum absolute atomic E-state index is 0. The molecule has 0 aliphatic carbocycles. The summed E-state index contributed by atoms with van der Waals surface area (Å²) in [5.41, 5.74) is 0.0798. The summed E-state index contributed by atoms with van der Waals surface area (Å²) in [6.45, 7) is 4.56. The van der Waals surface area contributed by atoms with Crippen LogP contribution in [0.15, 0.2) is 24.3 Å². The van der Waals surface area contributed by atoms with Crippen molar-refractivity contribution in [3.63, 3.8) is 0 Å². The number of nitrogens with one attached hydrogen (secondary N) is 2. The Labute approximate surface area is 146 Å². The van der Waals surface area contributed by atoms with E-state index in [9.17, 15) is 18.0 Å². The lowest BCUT2D eigenvalue weighted by Gasteiger charge is -2.14. The molecule has 0 saturated carbocycles. The molecule has 1 aliphatic heterocycles. The van der Waals surface area contributed by atoms with Gasteiger partial charge >= 0.3 is 6.18 Å². The van der Waals surface area contributed by atoms with Crippen LogP contribution < -0.4 is 10.6 Å². The molecule has 1 saturated heterocycles. The van der Waals surface area contributed by atoms with E-state index in [1.807, 2.05) is 6.92 Å². The van der Waals surface area contributed by atoms with Gasteiger partial charge in [0.05, 0.1) is 5.56 Å². The van der Waals surface area contributed by atoms with E-state index in [0.717, 1.165) is 43.6 Å². The van der Waals surface area contributed by atoms with Gasteiger partial charge in [-0.05, 0) is 55.5 Å². The van der Waals surface area contributed by atoms with Gasteiger partial charge in [0.2, 0.25) is 5.91 Å². The van der Waals surface area contributed by atoms with Gasteiger partial charge in [0.1, 0.15) is 0 Å². The summed E-state index contributed by atoms with van der Waals surface area (Å²) in [5, 5.41) is 6.19. The SMILES string of the molecule is CC(CC(=O)NCCC1CCNC1)c1ccc(C(F)(F)F)cc1.Cl. The minimum Gasteiger partial charge on any atom is -0.356 e. The molecule has 1 heterocycles. The number of hydrogen-bond donors (Lipinski definition) is 2. The fourth-order valence-corrected chi connectivity index (χ4v) is 2.85. The second kappa shape index (κ2) is 9.28. The van der Waals surface area contributed by atoms with Gasteiger partial charge in [-0.15, -0.1) is 12.4 Å². The molecular formula is C17H24ClF3N2O. The number of halogens is 4. The highest BCUT2D eigenvalue weighted by molar-refractivity contribution is 5.85. The predicted molar refractivity (Wildman–Crippen MR) is 90.3 cm³/mol. The minimum atomic E-state index is -4.33.